The lowest BCUT2D eigenvalue weighted by atomic mass is 10.1. The number of hydrogen-bond donors (Lipinski definition) is 0. The summed E-state index contributed by atoms with van der Waals surface area (Å²) in [5.41, 5.74) is 0.767. The second kappa shape index (κ2) is 3.63. The lowest BCUT2D eigenvalue weighted by molar-refractivity contribution is 0.482. The molecule has 1 aromatic heterocycles. The Bertz CT molecular complexity index is 398. The Labute approximate surface area is 89.0 Å². The molecule has 0 unspecified atom stereocenters. The van der Waals surface area contributed by atoms with Crippen LogP contribution in [0.25, 0.3) is 0 Å². The third-order valence-corrected chi connectivity index (χ3v) is 2.71. The maximum Gasteiger partial charge on any atom is 0.235 e. The van der Waals surface area contributed by atoms with E-state index in [-0.39, 0.29) is 5.54 Å². The molecule has 1 heterocycles. The summed E-state index contributed by atoms with van der Waals surface area (Å²) in [5, 5.41) is 4.27. The molecule has 4 heteroatoms. The van der Waals surface area contributed by atoms with Crippen molar-refractivity contribution in [2.75, 3.05) is 0 Å². The highest BCUT2D eigenvalue weighted by Crippen LogP contribution is 2.48. The second-order valence-electron chi connectivity index (χ2n) is 4.58. The molecule has 0 atom stereocenters. The first kappa shape index (κ1) is 10.1. The quantitative estimate of drug-likeness (QED) is 0.556. The molecule has 4 nitrogen and oxygen atoms in total. The van der Waals surface area contributed by atoms with E-state index in [0.29, 0.717) is 5.92 Å². The summed E-state index contributed by atoms with van der Waals surface area (Å²) in [6, 6.07) is 0. The Hall–Kier alpha value is -1.41. The smallest absolute Gasteiger partial charge is 0.235 e. The molecule has 0 aliphatic heterocycles. The van der Waals surface area contributed by atoms with Crippen molar-refractivity contribution in [2.45, 2.75) is 38.8 Å². The van der Waals surface area contributed by atoms with Crippen molar-refractivity contribution in [2.24, 2.45) is 10.9 Å². The van der Waals surface area contributed by atoms with E-state index < -0.39 is 0 Å². The molecule has 15 heavy (non-hydrogen) atoms. The summed E-state index contributed by atoms with van der Waals surface area (Å²) in [6.45, 7) is 5.20. The van der Waals surface area contributed by atoms with Crippen LogP contribution in [0.4, 0.5) is 0 Å². The van der Waals surface area contributed by atoms with Gasteiger partial charge in [0.25, 0.3) is 0 Å². The van der Waals surface area contributed by atoms with Crippen LogP contribution in [0.5, 0.6) is 0 Å². The van der Waals surface area contributed by atoms with Gasteiger partial charge in [-0.25, -0.2) is 4.79 Å². The molecule has 0 saturated heterocycles. The summed E-state index contributed by atoms with van der Waals surface area (Å²) in [7, 11) is 0. The third-order valence-electron chi connectivity index (χ3n) is 2.71. The van der Waals surface area contributed by atoms with Crippen LogP contribution in [-0.4, -0.2) is 15.9 Å². The van der Waals surface area contributed by atoms with Gasteiger partial charge in [0.2, 0.25) is 6.08 Å². The van der Waals surface area contributed by atoms with E-state index in [2.05, 4.69) is 23.9 Å². The topological polar surface area (TPSA) is 47.2 Å². The average molecular weight is 205 g/mol. The van der Waals surface area contributed by atoms with E-state index in [0.717, 1.165) is 24.9 Å². The Kier molecular flexibility index (Phi) is 2.45. The highest BCUT2D eigenvalue weighted by atomic mass is 16.1. The summed E-state index contributed by atoms with van der Waals surface area (Å²) in [4.78, 5) is 14.2. The minimum absolute atomic E-state index is 0.281. The van der Waals surface area contributed by atoms with Crippen LogP contribution in [0.3, 0.4) is 0 Å². The maximum absolute atomic E-state index is 10.3. The minimum Gasteiger partial charge on any atom is -0.272 e. The van der Waals surface area contributed by atoms with Crippen LogP contribution in [0, 0.1) is 5.92 Å². The number of nitrogens with zero attached hydrogens (tertiary/aromatic N) is 3. The molecule has 1 aliphatic carbocycles. The number of aliphatic imine (C=N–C) groups is 1. The lowest BCUT2D eigenvalue weighted by Crippen LogP contribution is -2.05. The van der Waals surface area contributed by atoms with Gasteiger partial charge in [-0.2, -0.15) is 10.1 Å². The molecule has 1 aromatic rings. The molecule has 0 bridgehead atoms. The molecule has 80 valence electrons. The van der Waals surface area contributed by atoms with Crippen LogP contribution in [-0.2, 0) is 16.9 Å². The molecule has 1 aliphatic rings. The molecule has 0 amide bonds. The monoisotopic (exact) mass is 205 g/mol. The Balaban J connectivity index is 2.17. The van der Waals surface area contributed by atoms with Crippen molar-refractivity contribution in [3.63, 3.8) is 0 Å². The van der Waals surface area contributed by atoms with Crippen LogP contribution in [0.1, 0.15) is 32.3 Å². The van der Waals surface area contributed by atoms with Crippen molar-refractivity contribution >= 4 is 6.08 Å². The Morgan fingerprint density at radius 3 is 2.93 bits per heavy atom. The first-order valence-corrected chi connectivity index (χ1v) is 5.28. The maximum atomic E-state index is 10.3. The highest BCUT2D eigenvalue weighted by Gasteiger charge is 2.45. The molecule has 0 aromatic carbocycles. The van der Waals surface area contributed by atoms with E-state index in [4.69, 9.17) is 0 Å². The van der Waals surface area contributed by atoms with E-state index in [1.54, 1.807) is 6.08 Å². The zero-order valence-electron chi connectivity index (χ0n) is 9.10. The van der Waals surface area contributed by atoms with Gasteiger partial charge >= 0.3 is 0 Å². The fraction of sp³-hybridized carbons (Fsp3) is 0.636. The summed E-state index contributed by atoms with van der Waals surface area (Å²) in [6.07, 6.45) is 7.35. The first-order valence-electron chi connectivity index (χ1n) is 5.28. The second-order valence-corrected chi connectivity index (χ2v) is 4.58. The number of carbonyl (C=O) groups excluding carboxylic acids is 1. The van der Waals surface area contributed by atoms with Gasteiger partial charge in [0.15, 0.2) is 0 Å². The lowest BCUT2D eigenvalue weighted by Gasteiger charge is -2.05. The molecular weight excluding hydrogens is 190 g/mol. The molecule has 1 fully saturated rings. The van der Waals surface area contributed by atoms with E-state index in [9.17, 15) is 4.79 Å². The summed E-state index contributed by atoms with van der Waals surface area (Å²) in [5.74, 6) is 0.572. The van der Waals surface area contributed by atoms with Crippen LogP contribution in [0.2, 0.25) is 0 Å². The molecule has 0 spiro atoms. The largest absolute Gasteiger partial charge is 0.272 e. The van der Waals surface area contributed by atoms with Crippen molar-refractivity contribution < 1.29 is 4.79 Å². The molecule has 1 saturated carbocycles. The van der Waals surface area contributed by atoms with Crippen molar-refractivity contribution in [3.05, 3.63) is 18.0 Å². The van der Waals surface area contributed by atoms with E-state index in [1.807, 2.05) is 17.1 Å². The third kappa shape index (κ3) is 2.00. The van der Waals surface area contributed by atoms with E-state index >= 15 is 0 Å². The van der Waals surface area contributed by atoms with Gasteiger partial charge in [0.1, 0.15) is 5.54 Å². The van der Waals surface area contributed by atoms with Gasteiger partial charge in [0.05, 0.1) is 6.20 Å². The van der Waals surface area contributed by atoms with Gasteiger partial charge < -0.3 is 0 Å². The first-order chi connectivity index (χ1) is 7.16. The number of isocyanates is 1. The fourth-order valence-corrected chi connectivity index (χ4v) is 1.75. The van der Waals surface area contributed by atoms with Gasteiger partial charge in [-0.3, -0.25) is 4.68 Å². The van der Waals surface area contributed by atoms with Gasteiger partial charge in [-0.15, -0.1) is 0 Å². The van der Waals surface area contributed by atoms with E-state index in [1.165, 1.54) is 0 Å². The van der Waals surface area contributed by atoms with Crippen LogP contribution < -0.4 is 0 Å². The van der Waals surface area contributed by atoms with Gasteiger partial charge in [-0.1, -0.05) is 13.8 Å². The highest BCUT2D eigenvalue weighted by molar-refractivity contribution is 5.40. The predicted octanol–water partition coefficient (Wildman–Crippen LogP) is 1.86. The SMILES string of the molecule is CC(C)Cn1cc(C2(N=C=O)CC2)cn1. The normalized spacial score (nSPS) is 17.5. The zero-order valence-corrected chi connectivity index (χ0v) is 9.10. The minimum atomic E-state index is -0.281. The van der Waals surface area contributed by atoms with Gasteiger partial charge in [-0.05, 0) is 18.8 Å². The number of aromatic nitrogens is 2. The predicted molar refractivity (Wildman–Crippen MR) is 56.1 cm³/mol. The summed E-state index contributed by atoms with van der Waals surface area (Å²) >= 11 is 0. The van der Waals surface area contributed by atoms with Crippen LogP contribution in [0.15, 0.2) is 17.4 Å². The molecule has 0 radical (unpaired) electrons. The molecular formula is C11H15N3O. The Morgan fingerprint density at radius 2 is 2.40 bits per heavy atom. The summed E-state index contributed by atoms with van der Waals surface area (Å²) < 4.78 is 1.92. The van der Waals surface area contributed by atoms with Crippen molar-refractivity contribution in [1.29, 1.82) is 0 Å². The van der Waals surface area contributed by atoms with Crippen molar-refractivity contribution in [3.8, 4) is 0 Å². The fourth-order valence-electron chi connectivity index (χ4n) is 1.75. The standard InChI is InChI=1S/C11H15N3O/c1-9(2)6-14-7-10(5-13-14)11(3-4-11)12-8-15/h5,7,9H,3-4,6H2,1-2H3. The average Bonchev–Trinajstić information content (AvgIpc) is 2.79. The molecule has 0 N–H and O–H groups in total. The van der Waals surface area contributed by atoms with Gasteiger partial charge in [0, 0.05) is 18.3 Å². The Morgan fingerprint density at radius 1 is 1.67 bits per heavy atom. The van der Waals surface area contributed by atoms with Crippen LogP contribution >= 0.6 is 0 Å². The molecule has 2 rings (SSSR count). The number of rotatable bonds is 4. The number of hydrogen-bond acceptors (Lipinski definition) is 3. The van der Waals surface area contributed by atoms with Crippen molar-refractivity contribution in [1.82, 2.24) is 9.78 Å². The zero-order chi connectivity index (χ0) is 10.9.